The predicted molar refractivity (Wildman–Crippen MR) is 96.5 cm³/mol. The zero-order chi connectivity index (χ0) is 18.3. The van der Waals surface area contributed by atoms with E-state index in [1.54, 1.807) is 6.07 Å². The Morgan fingerprint density at radius 1 is 1.08 bits per heavy atom. The summed E-state index contributed by atoms with van der Waals surface area (Å²) >= 11 is 1.05. The molecule has 1 aromatic carbocycles. The van der Waals surface area contributed by atoms with Crippen LogP contribution in [0, 0.1) is 0 Å². The zero-order valence-electron chi connectivity index (χ0n) is 13.5. The van der Waals surface area contributed by atoms with E-state index in [2.05, 4.69) is 5.32 Å². The Kier molecular flexibility index (Phi) is 6.72. The number of carboxylic acids is 1. The highest BCUT2D eigenvalue weighted by atomic mass is 32.2. The Morgan fingerprint density at radius 2 is 1.80 bits per heavy atom. The first-order chi connectivity index (χ1) is 11.9. The Bertz CT molecular complexity index is 828. The second kappa shape index (κ2) is 8.77. The molecule has 1 amide bonds. The first-order valence-corrected chi connectivity index (χ1v) is 10.3. The largest absolute Gasteiger partial charge is 0.477 e. The molecule has 6 nitrogen and oxygen atoms in total. The lowest BCUT2D eigenvalue weighted by atomic mass is 10.1. The molecule has 0 aliphatic carbocycles. The third kappa shape index (κ3) is 6.67. The van der Waals surface area contributed by atoms with Gasteiger partial charge in [0.2, 0.25) is 5.91 Å². The predicted octanol–water partition coefficient (Wildman–Crippen LogP) is 2.11. The number of hydrogen-bond acceptors (Lipinski definition) is 5. The minimum Gasteiger partial charge on any atom is -0.477 e. The van der Waals surface area contributed by atoms with Gasteiger partial charge in [0.1, 0.15) is 10.6 Å². The molecule has 0 saturated heterocycles. The van der Waals surface area contributed by atoms with Crippen LogP contribution in [-0.2, 0) is 27.6 Å². The van der Waals surface area contributed by atoms with Crippen molar-refractivity contribution >= 4 is 33.1 Å². The van der Waals surface area contributed by atoms with Crippen LogP contribution >= 0.6 is 11.3 Å². The number of benzene rings is 1. The topological polar surface area (TPSA) is 101 Å². The van der Waals surface area contributed by atoms with Gasteiger partial charge < -0.3 is 10.4 Å². The molecular weight excluding hydrogens is 362 g/mol. The Hall–Kier alpha value is -2.19. The number of thiophene rings is 1. The van der Waals surface area contributed by atoms with E-state index in [4.69, 9.17) is 5.11 Å². The number of sulfone groups is 1. The van der Waals surface area contributed by atoms with Gasteiger partial charge in [-0.3, -0.25) is 4.79 Å². The first-order valence-electron chi connectivity index (χ1n) is 7.69. The molecule has 2 aromatic rings. The van der Waals surface area contributed by atoms with Crippen LogP contribution in [0.5, 0.6) is 0 Å². The van der Waals surface area contributed by atoms with Gasteiger partial charge in [0.25, 0.3) is 0 Å². The van der Waals surface area contributed by atoms with Crippen molar-refractivity contribution in [3.05, 3.63) is 57.8 Å². The fraction of sp³-hybridized carbons (Fsp3) is 0.294. The summed E-state index contributed by atoms with van der Waals surface area (Å²) in [5, 5.41) is 11.4. The highest BCUT2D eigenvalue weighted by Gasteiger charge is 2.16. The Balaban J connectivity index is 1.75. The van der Waals surface area contributed by atoms with E-state index in [0.29, 0.717) is 17.7 Å². The molecular formula is C17H19NO5S2. The number of aryl methyl sites for hydroxylation is 1. The molecule has 0 saturated carbocycles. The summed E-state index contributed by atoms with van der Waals surface area (Å²) in [5.41, 5.74) is 1.06. The van der Waals surface area contributed by atoms with Crippen molar-refractivity contribution in [3.8, 4) is 0 Å². The molecule has 0 aliphatic heterocycles. The van der Waals surface area contributed by atoms with Crippen molar-refractivity contribution in [1.82, 2.24) is 5.32 Å². The van der Waals surface area contributed by atoms with Gasteiger partial charge in [-0.1, -0.05) is 30.3 Å². The zero-order valence-corrected chi connectivity index (χ0v) is 15.1. The second-order valence-electron chi connectivity index (χ2n) is 5.53. The fourth-order valence-electron chi connectivity index (χ4n) is 2.24. The summed E-state index contributed by atoms with van der Waals surface area (Å²) in [6, 6.07) is 12.6. The maximum Gasteiger partial charge on any atom is 0.345 e. The van der Waals surface area contributed by atoms with Crippen LogP contribution < -0.4 is 5.32 Å². The molecule has 0 fully saturated rings. The van der Waals surface area contributed by atoms with Crippen molar-refractivity contribution in [1.29, 1.82) is 0 Å². The Morgan fingerprint density at radius 3 is 2.44 bits per heavy atom. The summed E-state index contributed by atoms with van der Waals surface area (Å²) in [4.78, 5) is 23.4. The summed E-state index contributed by atoms with van der Waals surface area (Å²) in [6.45, 7) is 0.121. The second-order valence-corrected chi connectivity index (χ2v) is 8.88. The first kappa shape index (κ1) is 19.1. The minimum absolute atomic E-state index is 0.0442. The van der Waals surface area contributed by atoms with Crippen molar-refractivity contribution in [2.75, 3.05) is 11.5 Å². The summed E-state index contributed by atoms with van der Waals surface area (Å²) < 4.78 is 24.0. The maximum atomic E-state index is 12.0. The lowest BCUT2D eigenvalue weighted by Crippen LogP contribution is -2.30. The number of rotatable bonds is 9. The van der Waals surface area contributed by atoms with Crippen LogP contribution in [-0.4, -0.2) is 36.9 Å². The Labute approximate surface area is 150 Å². The van der Waals surface area contributed by atoms with E-state index in [1.165, 1.54) is 6.07 Å². The molecule has 0 unspecified atom stereocenters. The van der Waals surface area contributed by atoms with Gasteiger partial charge >= 0.3 is 5.97 Å². The lowest BCUT2D eigenvalue weighted by molar-refractivity contribution is -0.118. The van der Waals surface area contributed by atoms with E-state index in [1.807, 2.05) is 30.3 Å². The van der Waals surface area contributed by atoms with E-state index in [-0.39, 0.29) is 17.2 Å². The number of carbonyl (C=O) groups excluding carboxylic acids is 1. The van der Waals surface area contributed by atoms with Gasteiger partial charge in [0.15, 0.2) is 9.84 Å². The van der Waals surface area contributed by atoms with Crippen LogP contribution in [0.25, 0.3) is 0 Å². The van der Waals surface area contributed by atoms with Crippen molar-refractivity contribution < 1.29 is 23.1 Å². The number of hydrogen-bond donors (Lipinski definition) is 2. The van der Waals surface area contributed by atoms with Gasteiger partial charge in [-0.05, 0) is 30.5 Å². The average molecular weight is 381 g/mol. The highest BCUT2D eigenvalue weighted by Crippen LogP contribution is 2.16. The van der Waals surface area contributed by atoms with Crippen LogP contribution in [0.4, 0.5) is 0 Å². The van der Waals surface area contributed by atoms with E-state index >= 15 is 0 Å². The number of aromatic carboxylic acids is 1. The van der Waals surface area contributed by atoms with E-state index in [0.717, 1.165) is 16.9 Å². The van der Waals surface area contributed by atoms with Crippen LogP contribution in [0.15, 0.2) is 42.5 Å². The number of carbonyl (C=O) groups is 2. The molecule has 0 aliphatic rings. The van der Waals surface area contributed by atoms with Crippen molar-refractivity contribution in [3.63, 3.8) is 0 Å². The standard InChI is InChI=1S/C17H19NO5S2/c19-16(18-11-14-8-9-15(24-14)17(20)21)12-25(22,23)10-4-7-13-5-2-1-3-6-13/h1-3,5-6,8-9H,4,7,10-12H2,(H,18,19)(H,20,21). The molecule has 1 aromatic heterocycles. The molecule has 0 bridgehead atoms. The molecule has 1 heterocycles. The average Bonchev–Trinajstić information content (AvgIpc) is 3.02. The third-order valence-electron chi connectivity index (χ3n) is 3.45. The third-order valence-corrected chi connectivity index (χ3v) is 6.13. The van der Waals surface area contributed by atoms with Gasteiger partial charge in [-0.2, -0.15) is 0 Å². The van der Waals surface area contributed by atoms with Crippen LogP contribution in [0.3, 0.4) is 0 Å². The number of amides is 1. The molecule has 2 N–H and O–H groups in total. The highest BCUT2D eigenvalue weighted by molar-refractivity contribution is 7.92. The van der Waals surface area contributed by atoms with Gasteiger partial charge in [0, 0.05) is 4.88 Å². The van der Waals surface area contributed by atoms with Gasteiger partial charge in [-0.25, -0.2) is 13.2 Å². The van der Waals surface area contributed by atoms with E-state index in [9.17, 15) is 18.0 Å². The number of nitrogens with one attached hydrogen (secondary N) is 1. The fourth-order valence-corrected chi connectivity index (χ4v) is 4.25. The number of carboxylic acid groups (broad SMARTS) is 1. The van der Waals surface area contributed by atoms with Crippen molar-refractivity contribution in [2.45, 2.75) is 19.4 Å². The molecule has 25 heavy (non-hydrogen) atoms. The molecule has 0 spiro atoms. The lowest BCUT2D eigenvalue weighted by Gasteiger charge is -2.06. The van der Waals surface area contributed by atoms with Crippen LogP contribution in [0.2, 0.25) is 0 Å². The molecule has 8 heteroatoms. The SMILES string of the molecule is O=C(CS(=O)(=O)CCCc1ccccc1)NCc1ccc(C(=O)O)s1. The normalized spacial score (nSPS) is 11.2. The molecule has 0 atom stereocenters. The van der Waals surface area contributed by atoms with E-state index < -0.39 is 27.5 Å². The maximum absolute atomic E-state index is 12.0. The van der Waals surface area contributed by atoms with Crippen molar-refractivity contribution in [2.24, 2.45) is 0 Å². The summed E-state index contributed by atoms with van der Waals surface area (Å²) in [7, 11) is -3.47. The molecule has 134 valence electrons. The van der Waals surface area contributed by atoms with Gasteiger partial charge in [-0.15, -0.1) is 11.3 Å². The molecule has 2 rings (SSSR count). The minimum atomic E-state index is -3.47. The van der Waals surface area contributed by atoms with Gasteiger partial charge in [0.05, 0.1) is 12.3 Å². The molecule has 0 radical (unpaired) electrons. The van der Waals surface area contributed by atoms with Crippen LogP contribution in [0.1, 0.15) is 26.5 Å². The smallest absolute Gasteiger partial charge is 0.345 e. The summed E-state index contributed by atoms with van der Waals surface area (Å²) in [6.07, 6.45) is 1.11. The quantitative estimate of drug-likeness (QED) is 0.693. The summed E-state index contributed by atoms with van der Waals surface area (Å²) in [5.74, 6) is -2.20. The monoisotopic (exact) mass is 381 g/mol.